The molecule has 0 unspecified atom stereocenters. The van der Waals surface area contributed by atoms with E-state index >= 15 is 0 Å². The molecule has 106 valence electrons. The number of rotatable bonds is 6. The summed E-state index contributed by atoms with van der Waals surface area (Å²) in [5.41, 5.74) is 0.670. The lowest BCUT2D eigenvalue weighted by Gasteiger charge is -2.07. The molecule has 0 saturated heterocycles. The first-order valence-corrected chi connectivity index (χ1v) is 6.88. The highest BCUT2D eigenvalue weighted by atomic mass is 32.1. The number of nitro groups is 1. The van der Waals surface area contributed by atoms with E-state index in [-0.39, 0.29) is 11.5 Å². The van der Waals surface area contributed by atoms with Crippen LogP contribution in [0.2, 0.25) is 0 Å². The van der Waals surface area contributed by atoms with E-state index in [1.807, 2.05) is 19.2 Å². The first-order valence-electron chi connectivity index (χ1n) is 6.00. The van der Waals surface area contributed by atoms with Crippen LogP contribution in [0, 0.1) is 17.0 Å². The molecule has 2 rings (SSSR count). The summed E-state index contributed by atoms with van der Waals surface area (Å²) < 4.78 is 0. The van der Waals surface area contributed by atoms with Crippen LogP contribution in [0.4, 0.5) is 17.5 Å². The van der Waals surface area contributed by atoms with Crippen molar-refractivity contribution in [1.29, 1.82) is 0 Å². The molecule has 2 heterocycles. The minimum absolute atomic E-state index is 0.154. The molecule has 20 heavy (non-hydrogen) atoms. The average molecular weight is 294 g/mol. The Morgan fingerprint density at radius 2 is 2.20 bits per heavy atom. The topological polar surface area (TPSA) is 106 Å². The monoisotopic (exact) mass is 294 g/mol. The molecule has 0 aliphatic carbocycles. The Bertz CT molecular complexity index is 615. The molecule has 2 aromatic rings. The van der Waals surface area contributed by atoms with E-state index in [0.29, 0.717) is 19.0 Å². The third-order valence-corrected chi connectivity index (χ3v) is 3.23. The van der Waals surface area contributed by atoms with Crippen LogP contribution < -0.4 is 10.6 Å². The second kappa shape index (κ2) is 6.24. The molecule has 0 radical (unpaired) electrons. The third-order valence-electron chi connectivity index (χ3n) is 2.40. The molecule has 0 aliphatic rings. The Morgan fingerprint density at radius 1 is 1.40 bits per heavy atom. The summed E-state index contributed by atoms with van der Waals surface area (Å²) in [6.45, 7) is 4.83. The van der Waals surface area contributed by atoms with Gasteiger partial charge in [0.1, 0.15) is 6.20 Å². The number of anilines is 2. The maximum absolute atomic E-state index is 11.0. The highest BCUT2D eigenvalue weighted by Crippen LogP contribution is 2.22. The SMILES string of the molecule is CCNc1ncc([N+](=O)[O-])c(NCc2csc(C)n2)n1. The first kappa shape index (κ1) is 14.1. The second-order valence-electron chi connectivity index (χ2n) is 3.93. The fraction of sp³-hybridized carbons (Fsp3) is 0.364. The molecule has 2 N–H and O–H groups in total. The number of nitrogens with zero attached hydrogens (tertiary/aromatic N) is 4. The van der Waals surface area contributed by atoms with Gasteiger partial charge in [0.15, 0.2) is 0 Å². The largest absolute Gasteiger partial charge is 0.359 e. The summed E-state index contributed by atoms with van der Waals surface area (Å²) in [5, 5.41) is 19.7. The minimum Gasteiger partial charge on any atom is -0.359 e. The highest BCUT2D eigenvalue weighted by Gasteiger charge is 2.17. The van der Waals surface area contributed by atoms with Gasteiger partial charge in [-0.15, -0.1) is 11.3 Å². The smallest absolute Gasteiger partial charge is 0.329 e. The predicted octanol–water partition coefficient (Wildman–Crippen LogP) is 2.19. The Labute approximate surface area is 119 Å². The van der Waals surface area contributed by atoms with Crippen LogP contribution in [0.3, 0.4) is 0 Å². The van der Waals surface area contributed by atoms with Crippen LogP contribution in [-0.2, 0) is 6.54 Å². The number of hydrogen-bond donors (Lipinski definition) is 2. The Balaban J connectivity index is 2.18. The van der Waals surface area contributed by atoms with E-state index in [2.05, 4.69) is 25.6 Å². The lowest BCUT2D eigenvalue weighted by molar-refractivity contribution is -0.384. The van der Waals surface area contributed by atoms with Crippen molar-refractivity contribution in [2.24, 2.45) is 0 Å². The zero-order chi connectivity index (χ0) is 14.5. The lowest BCUT2D eigenvalue weighted by atomic mass is 10.4. The van der Waals surface area contributed by atoms with E-state index in [1.54, 1.807) is 0 Å². The van der Waals surface area contributed by atoms with Gasteiger partial charge in [0.05, 0.1) is 22.2 Å². The van der Waals surface area contributed by atoms with E-state index < -0.39 is 4.92 Å². The molecule has 0 saturated carbocycles. The quantitative estimate of drug-likeness (QED) is 0.621. The molecule has 0 aromatic carbocycles. The molecule has 0 fully saturated rings. The van der Waals surface area contributed by atoms with Gasteiger partial charge in [0.2, 0.25) is 11.8 Å². The molecule has 0 spiro atoms. The normalized spacial score (nSPS) is 10.3. The molecule has 0 atom stereocenters. The summed E-state index contributed by atoms with van der Waals surface area (Å²) >= 11 is 1.53. The predicted molar refractivity (Wildman–Crippen MR) is 77.0 cm³/mol. The first-order chi connectivity index (χ1) is 9.60. The second-order valence-corrected chi connectivity index (χ2v) is 4.99. The van der Waals surface area contributed by atoms with Crippen molar-refractivity contribution in [2.45, 2.75) is 20.4 Å². The van der Waals surface area contributed by atoms with Gasteiger partial charge >= 0.3 is 5.69 Å². The fourth-order valence-electron chi connectivity index (χ4n) is 1.55. The molecular weight excluding hydrogens is 280 g/mol. The average Bonchev–Trinajstić information content (AvgIpc) is 2.82. The van der Waals surface area contributed by atoms with E-state index in [9.17, 15) is 10.1 Å². The molecule has 0 bridgehead atoms. The van der Waals surface area contributed by atoms with Crippen molar-refractivity contribution in [2.75, 3.05) is 17.2 Å². The Kier molecular flexibility index (Phi) is 4.41. The number of aromatic nitrogens is 3. The summed E-state index contributed by atoms with van der Waals surface area (Å²) in [6, 6.07) is 0. The number of nitrogens with one attached hydrogen (secondary N) is 2. The highest BCUT2D eigenvalue weighted by molar-refractivity contribution is 7.09. The zero-order valence-electron chi connectivity index (χ0n) is 11.1. The van der Waals surface area contributed by atoms with Gasteiger partial charge < -0.3 is 10.6 Å². The van der Waals surface area contributed by atoms with Gasteiger partial charge in [0.25, 0.3) is 0 Å². The number of thiazole rings is 1. The maximum atomic E-state index is 11.0. The van der Waals surface area contributed by atoms with Crippen LogP contribution in [-0.4, -0.2) is 26.4 Å². The van der Waals surface area contributed by atoms with Crippen molar-refractivity contribution in [1.82, 2.24) is 15.0 Å². The zero-order valence-corrected chi connectivity index (χ0v) is 11.9. The van der Waals surface area contributed by atoms with Gasteiger partial charge in [0, 0.05) is 11.9 Å². The van der Waals surface area contributed by atoms with Gasteiger partial charge in [-0.1, -0.05) is 0 Å². The Morgan fingerprint density at radius 3 is 2.80 bits per heavy atom. The van der Waals surface area contributed by atoms with Crippen molar-refractivity contribution in [3.63, 3.8) is 0 Å². The summed E-state index contributed by atoms with van der Waals surface area (Å²) in [7, 11) is 0. The van der Waals surface area contributed by atoms with Crippen molar-refractivity contribution < 1.29 is 4.92 Å². The molecule has 9 heteroatoms. The summed E-state index contributed by atoms with van der Waals surface area (Å²) in [5.74, 6) is 0.543. The van der Waals surface area contributed by atoms with Crippen molar-refractivity contribution in [3.8, 4) is 0 Å². The van der Waals surface area contributed by atoms with Gasteiger partial charge in [-0.3, -0.25) is 10.1 Å². The molecule has 8 nitrogen and oxygen atoms in total. The molecular formula is C11H14N6O2S. The van der Waals surface area contributed by atoms with E-state index in [1.165, 1.54) is 17.5 Å². The molecule has 0 aliphatic heterocycles. The third kappa shape index (κ3) is 3.38. The van der Waals surface area contributed by atoms with Gasteiger partial charge in [-0.05, 0) is 13.8 Å². The van der Waals surface area contributed by atoms with Crippen LogP contribution >= 0.6 is 11.3 Å². The minimum atomic E-state index is -0.510. The summed E-state index contributed by atoms with van der Waals surface area (Å²) in [6.07, 6.45) is 1.19. The van der Waals surface area contributed by atoms with Crippen LogP contribution in [0.25, 0.3) is 0 Å². The molecule has 0 amide bonds. The van der Waals surface area contributed by atoms with Gasteiger partial charge in [-0.25, -0.2) is 9.97 Å². The van der Waals surface area contributed by atoms with Crippen molar-refractivity contribution in [3.05, 3.63) is 32.4 Å². The lowest BCUT2D eigenvalue weighted by Crippen LogP contribution is -2.09. The van der Waals surface area contributed by atoms with E-state index in [4.69, 9.17) is 0 Å². The van der Waals surface area contributed by atoms with Crippen molar-refractivity contribution >= 4 is 28.8 Å². The number of hydrogen-bond acceptors (Lipinski definition) is 8. The van der Waals surface area contributed by atoms with E-state index in [0.717, 1.165) is 10.7 Å². The summed E-state index contributed by atoms with van der Waals surface area (Å²) in [4.78, 5) is 22.7. The van der Waals surface area contributed by atoms with Gasteiger partial charge in [-0.2, -0.15) is 4.98 Å². The fourth-order valence-corrected chi connectivity index (χ4v) is 2.16. The van der Waals surface area contributed by atoms with Crippen LogP contribution in [0.1, 0.15) is 17.6 Å². The maximum Gasteiger partial charge on any atom is 0.329 e. The molecule has 2 aromatic heterocycles. The Hall–Kier alpha value is -2.29. The van der Waals surface area contributed by atoms with Crippen LogP contribution in [0.5, 0.6) is 0 Å². The standard InChI is InChI=1S/C11H14N6O2S/c1-3-12-11-14-5-9(17(18)19)10(16-11)13-4-8-6-20-7(2)15-8/h5-6H,3-4H2,1-2H3,(H2,12,13,14,16). The van der Waals surface area contributed by atoms with Crippen LogP contribution in [0.15, 0.2) is 11.6 Å². The number of aryl methyl sites for hydroxylation is 1.